The molecule has 28 heavy (non-hydrogen) atoms. The molecule has 6 N–H and O–H groups in total. The summed E-state index contributed by atoms with van der Waals surface area (Å²) in [6.07, 6.45) is 2.95. The Bertz CT molecular complexity index is 795. The third-order valence-electron chi connectivity index (χ3n) is 4.41. The van der Waals surface area contributed by atoms with Crippen LogP contribution in [0.25, 0.3) is 11.3 Å². The number of pyridine rings is 1. The summed E-state index contributed by atoms with van der Waals surface area (Å²) in [6, 6.07) is 10.3. The van der Waals surface area contributed by atoms with Gasteiger partial charge in [-0.2, -0.15) is 0 Å². The number of anilines is 2. The predicted octanol–water partition coefficient (Wildman–Crippen LogP) is 2.84. The molecular weight excluding hydrogens is 354 g/mol. The van der Waals surface area contributed by atoms with Gasteiger partial charge in [0.2, 0.25) is 0 Å². The van der Waals surface area contributed by atoms with Crippen molar-refractivity contribution in [2.75, 3.05) is 23.8 Å². The van der Waals surface area contributed by atoms with E-state index >= 15 is 0 Å². The quantitative estimate of drug-likeness (QED) is 0.403. The van der Waals surface area contributed by atoms with Crippen molar-refractivity contribution in [1.29, 1.82) is 5.41 Å². The molecule has 7 nitrogen and oxygen atoms in total. The topological polar surface area (TPSA) is 116 Å². The van der Waals surface area contributed by atoms with Crippen molar-refractivity contribution in [2.24, 2.45) is 5.73 Å². The van der Waals surface area contributed by atoms with E-state index in [1.165, 1.54) is 6.21 Å². The summed E-state index contributed by atoms with van der Waals surface area (Å²) >= 11 is 0. The molecule has 1 aliphatic rings. The van der Waals surface area contributed by atoms with Crippen LogP contribution in [-0.2, 0) is 0 Å². The third-order valence-corrected chi connectivity index (χ3v) is 4.41. The van der Waals surface area contributed by atoms with Crippen molar-refractivity contribution in [1.82, 2.24) is 4.98 Å². The number of rotatable bonds is 10. The predicted molar refractivity (Wildman–Crippen MR) is 114 cm³/mol. The largest absolute Gasteiger partial charge is 0.491 e. The van der Waals surface area contributed by atoms with Crippen LogP contribution in [-0.4, -0.2) is 47.6 Å². The highest BCUT2D eigenvalue weighted by Gasteiger charge is 2.23. The fourth-order valence-electron chi connectivity index (χ4n) is 2.81. The summed E-state index contributed by atoms with van der Waals surface area (Å²) in [5, 5.41) is 24.3. The number of hydrogen-bond donors (Lipinski definition) is 5. The van der Waals surface area contributed by atoms with Crippen molar-refractivity contribution in [3.63, 3.8) is 0 Å². The first kappa shape index (κ1) is 20.1. The van der Waals surface area contributed by atoms with Crippen LogP contribution < -0.4 is 21.1 Å². The monoisotopic (exact) mass is 383 g/mol. The Kier molecular flexibility index (Phi) is 6.49. The molecule has 1 aliphatic carbocycles. The zero-order chi connectivity index (χ0) is 20.1. The molecular formula is C21H29N5O2. The average Bonchev–Trinajstić information content (AvgIpc) is 3.49. The second kappa shape index (κ2) is 9.03. The minimum atomic E-state index is -0.690. The van der Waals surface area contributed by atoms with Gasteiger partial charge in [-0.3, -0.25) is 0 Å². The Balaban J connectivity index is 1.94. The fourth-order valence-corrected chi connectivity index (χ4v) is 2.81. The molecule has 150 valence electrons. The van der Waals surface area contributed by atoms with E-state index in [0.29, 0.717) is 17.6 Å². The summed E-state index contributed by atoms with van der Waals surface area (Å²) in [7, 11) is 0. The molecule has 0 amide bonds. The summed E-state index contributed by atoms with van der Waals surface area (Å²) in [6.45, 7) is 4.40. The van der Waals surface area contributed by atoms with Crippen molar-refractivity contribution in [2.45, 2.75) is 44.9 Å². The minimum Gasteiger partial charge on any atom is -0.491 e. The lowest BCUT2D eigenvalue weighted by atomic mass is 10.1. The van der Waals surface area contributed by atoms with Gasteiger partial charge < -0.3 is 31.6 Å². The molecule has 1 aromatic heterocycles. The molecule has 1 saturated carbocycles. The third kappa shape index (κ3) is 5.21. The van der Waals surface area contributed by atoms with Crippen LogP contribution in [0.2, 0.25) is 0 Å². The molecule has 0 spiro atoms. The van der Waals surface area contributed by atoms with E-state index in [1.54, 1.807) is 0 Å². The van der Waals surface area contributed by atoms with E-state index in [2.05, 4.69) is 10.6 Å². The first-order valence-electron chi connectivity index (χ1n) is 9.70. The number of hydrogen-bond acceptors (Lipinski definition) is 7. The smallest absolute Gasteiger partial charge is 0.137 e. The molecule has 0 radical (unpaired) electrons. The van der Waals surface area contributed by atoms with Gasteiger partial charge in [0, 0.05) is 36.1 Å². The second-order valence-electron chi connectivity index (χ2n) is 7.41. The lowest BCUT2D eigenvalue weighted by molar-refractivity contribution is 0.114. The molecule has 0 bridgehead atoms. The maximum Gasteiger partial charge on any atom is 0.137 e. The van der Waals surface area contributed by atoms with Gasteiger partial charge >= 0.3 is 0 Å². The standard InChI is InChI=1S/C21H29N5O2/c1-13(2)24-21-18(11-23)20(25-15-6-7-15)9-19(26-21)14-4-3-5-17(8-14)28-12-16(27)10-22/h3-5,8-9,11,13,15-16,23,27H,6-7,10,12,22H2,1-2H3,(H2,24,25,26). The highest BCUT2D eigenvalue weighted by molar-refractivity contribution is 5.94. The molecule has 1 heterocycles. The van der Waals surface area contributed by atoms with Crippen LogP contribution in [0.15, 0.2) is 30.3 Å². The number of nitrogens with one attached hydrogen (secondary N) is 3. The molecule has 3 rings (SSSR count). The molecule has 2 aromatic rings. The Morgan fingerprint density at radius 3 is 2.79 bits per heavy atom. The van der Waals surface area contributed by atoms with Crippen LogP contribution in [0.1, 0.15) is 32.3 Å². The average molecular weight is 383 g/mol. The Morgan fingerprint density at radius 1 is 1.36 bits per heavy atom. The summed E-state index contributed by atoms with van der Waals surface area (Å²) in [4.78, 5) is 4.77. The fraction of sp³-hybridized carbons (Fsp3) is 0.429. The molecule has 7 heteroatoms. The van der Waals surface area contributed by atoms with Crippen molar-refractivity contribution in [3.8, 4) is 17.0 Å². The first-order valence-corrected chi connectivity index (χ1v) is 9.70. The number of nitrogens with two attached hydrogens (primary N) is 1. The Morgan fingerprint density at radius 2 is 2.14 bits per heavy atom. The SMILES string of the molecule is CC(C)Nc1nc(-c2cccc(OCC(O)CN)c2)cc(NC2CC2)c1C=N. The zero-order valence-electron chi connectivity index (χ0n) is 16.4. The maximum atomic E-state index is 9.61. The summed E-state index contributed by atoms with van der Waals surface area (Å²) in [5.74, 6) is 1.34. The van der Waals surface area contributed by atoms with E-state index < -0.39 is 6.10 Å². The van der Waals surface area contributed by atoms with Crippen LogP contribution in [0.3, 0.4) is 0 Å². The molecule has 1 unspecified atom stereocenters. The van der Waals surface area contributed by atoms with Gasteiger partial charge in [-0.05, 0) is 44.9 Å². The van der Waals surface area contributed by atoms with E-state index in [4.69, 9.17) is 20.9 Å². The van der Waals surface area contributed by atoms with Gasteiger partial charge in [-0.15, -0.1) is 0 Å². The molecule has 1 atom stereocenters. The van der Waals surface area contributed by atoms with Crippen LogP contribution >= 0.6 is 0 Å². The van der Waals surface area contributed by atoms with Crippen LogP contribution in [0.4, 0.5) is 11.5 Å². The number of aromatic nitrogens is 1. The molecule has 0 aliphatic heterocycles. The maximum absolute atomic E-state index is 9.61. The molecule has 1 fully saturated rings. The van der Waals surface area contributed by atoms with E-state index in [9.17, 15) is 5.11 Å². The first-order chi connectivity index (χ1) is 13.5. The Hall–Kier alpha value is -2.64. The number of aliphatic hydroxyl groups is 1. The normalized spacial score (nSPS) is 14.6. The minimum absolute atomic E-state index is 0.148. The van der Waals surface area contributed by atoms with Gasteiger partial charge in [0.05, 0.1) is 11.3 Å². The highest BCUT2D eigenvalue weighted by atomic mass is 16.5. The lowest BCUT2D eigenvalue weighted by Gasteiger charge is -2.18. The number of benzene rings is 1. The van der Waals surface area contributed by atoms with Crippen molar-refractivity contribution in [3.05, 3.63) is 35.9 Å². The number of nitrogens with zero attached hydrogens (tertiary/aromatic N) is 1. The second-order valence-corrected chi connectivity index (χ2v) is 7.41. The van der Waals surface area contributed by atoms with Gasteiger partial charge in [-0.25, -0.2) is 4.98 Å². The lowest BCUT2D eigenvalue weighted by Crippen LogP contribution is -2.26. The van der Waals surface area contributed by atoms with E-state index in [0.717, 1.165) is 35.3 Å². The van der Waals surface area contributed by atoms with Gasteiger partial charge in [0.25, 0.3) is 0 Å². The summed E-state index contributed by atoms with van der Waals surface area (Å²) < 4.78 is 5.64. The number of ether oxygens (including phenoxy) is 1. The zero-order valence-corrected chi connectivity index (χ0v) is 16.4. The van der Waals surface area contributed by atoms with Crippen molar-refractivity contribution >= 4 is 17.7 Å². The number of aliphatic hydroxyl groups excluding tert-OH is 1. The van der Waals surface area contributed by atoms with Crippen LogP contribution in [0.5, 0.6) is 5.75 Å². The van der Waals surface area contributed by atoms with Crippen LogP contribution in [0, 0.1) is 5.41 Å². The van der Waals surface area contributed by atoms with Crippen molar-refractivity contribution < 1.29 is 9.84 Å². The van der Waals surface area contributed by atoms with Gasteiger partial charge in [0.15, 0.2) is 0 Å². The molecule has 1 aromatic carbocycles. The van der Waals surface area contributed by atoms with Gasteiger partial charge in [0.1, 0.15) is 24.3 Å². The van der Waals surface area contributed by atoms with E-state index in [-0.39, 0.29) is 19.2 Å². The van der Waals surface area contributed by atoms with E-state index in [1.807, 2.05) is 44.2 Å². The molecule has 0 saturated heterocycles. The Labute approximate surface area is 165 Å². The summed E-state index contributed by atoms with van der Waals surface area (Å²) in [5.41, 5.74) is 8.81. The van der Waals surface area contributed by atoms with Gasteiger partial charge in [-0.1, -0.05) is 12.1 Å². The highest BCUT2D eigenvalue weighted by Crippen LogP contribution is 2.33.